The molecular formula is C19H25Si. The predicted molar refractivity (Wildman–Crippen MR) is 90.7 cm³/mol. The second-order valence-corrected chi connectivity index (χ2v) is 10.9. The van der Waals surface area contributed by atoms with E-state index in [-0.39, 0.29) is 0 Å². The maximum atomic E-state index is 2.61. The Morgan fingerprint density at radius 2 is 1.70 bits per heavy atom. The van der Waals surface area contributed by atoms with Crippen LogP contribution < -0.4 is 5.19 Å². The molecule has 1 aromatic carbocycles. The zero-order valence-electron chi connectivity index (χ0n) is 12.7. The maximum absolute atomic E-state index is 2.61. The first-order valence-corrected chi connectivity index (χ1v) is 10.6. The summed E-state index contributed by atoms with van der Waals surface area (Å²) in [6, 6.07) is 11.4. The summed E-state index contributed by atoms with van der Waals surface area (Å²) < 4.78 is 0. The molecule has 1 saturated carbocycles. The summed E-state index contributed by atoms with van der Waals surface area (Å²) in [7, 11) is -1.59. The Morgan fingerprint density at radius 3 is 2.30 bits per heavy atom. The first kappa shape index (κ1) is 13.9. The van der Waals surface area contributed by atoms with Crippen molar-refractivity contribution >= 4 is 13.3 Å². The first-order valence-electron chi connectivity index (χ1n) is 8.01. The van der Waals surface area contributed by atoms with Crippen LogP contribution >= 0.6 is 0 Å². The van der Waals surface area contributed by atoms with Crippen molar-refractivity contribution in [3.8, 4) is 0 Å². The van der Waals surface area contributed by atoms with Crippen molar-refractivity contribution < 1.29 is 0 Å². The van der Waals surface area contributed by atoms with Gasteiger partial charge in [-0.05, 0) is 12.5 Å². The quantitative estimate of drug-likeness (QED) is 0.689. The van der Waals surface area contributed by atoms with Crippen LogP contribution in [0.2, 0.25) is 12.1 Å². The Morgan fingerprint density at radius 1 is 1.00 bits per heavy atom. The van der Waals surface area contributed by atoms with Crippen molar-refractivity contribution in [1.82, 2.24) is 0 Å². The SMILES string of the molecule is CC1=CC=C[C]1[Si](C)(c1ccccc1)C1CCCCC1. The number of benzene rings is 1. The van der Waals surface area contributed by atoms with E-state index in [2.05, 4.69) is 62.0 Å². The Kier molecular flexibility index (Phi) is 3.98. The van der Waals surface area contributed by atoms with E-state index in [0.29, 0.717) is 0 Å². The lowest BCUT2D eigenvalue weighted by Crippen LogP contribution is -2.54. The zero-order chi connectivity index (χ0) is 14.0. The van der Waals surface area contributed by atoms with Crippen LogP contribution in [0.25, 0.3) is 0 Å². The van der Waals surface area contributed by atoms with Gasteiger partial charge in [0.05, 0.1) is 0 Å². The molecular weight excluding hydrogens is 256 g/mol. The van der Waals surface area contributed by atoms with Crippen molar-refractivity contribution in [2.45, 2.75) is 51.1 Å². The van der Waals surface area contributed by atoms with Crippen LogP contribution in [0.3, 0.4) is 0 Å². The highest BCUT2D eigenvalue weighted by molar-refractivity contribution is 6.97. The number of hydrogen-bond donors (Lipinski definition) is 0. The fourth-order valence-corrected chi connectivity index (χ4v) is 9.18. The molecule has 1 heteroatoms. The summed E-state index contributed by atoms with van der Waals surface area (Å²) in [4.78, 5) is 0. The third-order valence-electron chi connectivity index (χ3n) is 5.39. The van der Waals surface area contributed by atoms with E-state index in [0.717, 1.165) is 5.54 Å². The van der Waals surface area contributed by atoms with Crippen LogP contribution in [-0.2, 0) is 0 Å². The van der Waals surface area contributed by atoms with Gasteiger partial charge in [-0.1, -0.05) is 98.0 Å². The maximum Gasteiger partial charge on any atom is 0.102 e. The Balaban J connectivity index is 2.02. The van der Waals surface area contributed by atoms with E-state index in [1.54, 1.807) is 10.7 Å². The minimum atomic E-state index is -1.59. The largest absolute Gasteiger partial charge is 0.102 e. The van der Waals surface area contributed by atoms with E-state index < -0.39 is 8.07 Å². The number of hydrogen-bond acceptors (Lipinski definition) is 0. The Bertz CT molecular complexity index is 508. The molecule has 105 valence electrons. The average Bonchev–Trinajstić information content (AvgIpc) is 2.95. The van der Waals surface area contributed by atoms with Crippen molar-refractivity contribution in [2.75, 3.05) is 0 Å². The molecule has 1 unspecified atom stereocenters. The minimum absolute atomic E-state index is 0.916. The van der Waals surface area contributed by atoms with Gasteiger partial charge in [0.1, 0.15) is 8.07 Å². The third-order valence-corrected chi connectivity index (χ3v) is 10.8. The minimum Gasteiger partial charge on any atom is -0.0757 e. The molecule has 0 aromatic heterocycles. The van der Waals surface area contributed by atoms with Crippen molar-refractivity contribution in [2.24, 2.45) is 0 Å². The third kappa shape index (κ3) is 2.33. The van der Waals surface area contributed by atoms with E-state index in [1.807, 2.05) is 0 Å². The molecule has 2 aliphatic rings. The van der Waals surface area contributed by atoms with Gasteiger partial charge in [-0.2, -0.15) is 0 Å². The summed E-state index contributed by atoms with van der Waals surface area (Å²) in [6.07, 6.45) is 14.1. The Hall–Kier alpha value is -1.08. The lowest BCUT2D eigenvalue weighted by atomic mass is 10.0. The van der Waals surface area contributed by atoms with Crippen LogP contribution in [0, 0.1) is 5.54 Å². The highest BCUT2D eigenvalue weighted by Crippen LogP contribution is 2.45. The van der Waals surface area contributed by atoms with Crippen LogP contribution in [-0.4, -0.2) is 8.07 Å². The molecule has 1 aromatic rings. The molecule has 0 N–H and O–H groups in total. The zero-order valence-corrected chi connectivity index (χ0v) is 13.7. The monoisotopic (exact) mass is 281 g/mol. The molecule has 20 heavy (non-hydrogen) atoms. The lowest BCUT2D eigenvalue weighted by molar-refractivity contribution is 0.494. The van der Waals surface area contributed by atoms with Crippen LogP contribution in [0.1, 0.15) is 39.0 Å². The predicted octanol–water partition coefficient (Wildman–Crippen LogP) is 4.94. The van der Waals surface area contributed by atoms with Gasteiger partial charge in [-0.15, -0.1) is 0 Å². The van der Waals surface area contributed by atoms with Gasteiger partial charge in [0.15, 0.2) is 0 Å². The fraction of sp³-hybridized carbons (Fsp3) is 0.421. The van der Waals surface area contributed by atoms with Gasteiger partial charge in [0, 0.05) is 5.54 Å². The second-order valence-electron chi connectivity index (χ2n) is 6.53. The standard InChI is InChI=1S/C19H25Si/c1-16-10-9-15-19(16)20(2,17-11-5-3-6-12-17)18-13-7-4-8-14-18/h3,5-6,9-12,15,18H,4,7-8,13-14H2,1-2H3. The van der Waals surface area contributed by atoms with Crippen LogP contribution in [0.4, 0.5) is 0 Å². The van der Waals surface area contributed by atoms with Gasteiger partial charge < -0.3 is 0 Å². The van der Waals surface area contributed by atoms with E-state index in [1.165, 1.54) is 37.7 Å². The Labute approximate surface area is 124 Å². The molecule has 0 heterocycles. The summed E-state index contributed by atoms with van der Waals surface area (Å²) >= 11 is 0. The highest BCUT2D eigenvalue weighted by atomic mass is 28.3. The average molecular weight is 281 g/mol. The summed E-state index contributed by atoms with van der Waals surface area (Å²) in [6.45, 7) is 4.91. The topological polar surface area (TPSA) is 0 Å². The molecule has 0 spiro atoms. The fourth-order valence-electron chi connectivity index (χ4n) is 4.17. The van der Waals surface area contributed by atoms with E-state index in [9.17, 15) is 0 Å². The van der Waals surface area contributed by atoms with Gasteiger partial charge in [0.25, 0.3) is 0 Å². The normalized spacial score (nSPS) is 23.6. The van der Waals surface area contributed by atoms with Crippen molar-refractivity contribution in [3.63, 3.8) is 0 Å². The molecule has 0 nitrogen and oxygen atoms in total. The molecule has 1 fully saturated rings. The number of allylic oxidation sites excluding steroid dienone is 4. The summed E-state index contributed by atoms with van der Waals surface area (Å²) in [5, 5.41) is 1.63. The molecule has 2 aliphatic carbocycles. The molecule has 0 saturated heterocycles. The lowest BCUT2D eigenvalue weighted by Gasteiger charge is -2.42. The second kappa shape index (κ2) is 5.73. The van der Waals surface area contributed by atoms with Crippen molar-refractivity contribution in [1.29, 1.82) is 0 Å². The van der Waals surface area contributed by atoms with Crippen LogP contribution in [0.15, 0.2) is 54.1 Å². The molecule has 1 radical (unpaired) electrons. The molecule has 0 amide bonds. The van der Waals surface area contributed by atoms with Gasteiger partial charge in [0.2, 0.25) is 0 Å². The van der Waals surface area contributed by atoms with Gasteiger partial charge in [-0.25, -0.2) is 0 Å². The highest BCUT2D eigenvalue weighted by Gasteiger charge is 2.45. The van der Waals surface area contributed by atoms with E-state index in [4.69, 9.17) is 0 Å². The molecule has 3 rings (SSSR count). The first-order chi connectivity index (χ1) is 9.73. The molecule has 0 bridgehead atoms. The van der Waals surface area contributed by atoms with Gasteiger partial charge >= 0.3 is 0 Å². The smallest absolute Gasteiger partial charge is 0.0757 e. The summed E-state index contributed by atoms with van der Waals surface area (Å²) in [5.74, 6) is 0. The van der Waals surface area contributed by atoms with Crippen LogP contribution in [0.5, 0.6) is 0 Å². The number of rotatable bonds is 3. The molecule has 1 atom stereocenters. The van der Waals surface area contributed by atoms with E-state index >= 15 is 0 Å². The molecule has 0 aliphatic heterocycles. The van der Waals surface area contributed by atoms with Gasteiger partial charge in [-0.3, -0.25) is 0 Å². The van der Waals surface area contributed by atoms with Crippen molar-refractivity contribution in [3.05, 3.63) is 59.7 Å². The summed E-state index contributed by atoms with van der Waals surface area (Å²) in [5.41, 5.74) is 4.10.